The van der Waals surface area contributed by atoms with E-state index in [0.717, 1.165) is 11.3 Å². The van der Waals surface area contributed by atoms with Crippen LogP contribution < -0.4 is 5.32 Å². The zero-order chi connectivity index (χ0) is 19.6. The average molecular weight is 380 g/mol. The van der Waals surface area contributed by atoms with Crippen LogP contribution in [-0.2, 0) is 4.79 Å². The molecule has 27 heavy (non-hydrogen) atoms. The minimum Gasteiger partial charge on any atom is -0.441 e. The lowest BCUT2D eigenvalue weighted by atomic mass is 9.78. The van der Waals surface area contributed by atoms with Gasteiger partial charge in [-0.1, -0.05) is 26.7 Å². The molecule has 4 nitrogen and oxygen atoms in total. The summed E-state index contributed by atoms with van der Waals surface area (Å²) in [5.74, 6) is -1.69. The van der Waals surface area contributed by atoms with Crippen LogP contribution in [0.3, 0.4) is 0 Å². The lowest BCUT2D eigenvalue weighted by Gasteiger charge is -2.32. The van der Waals surface area contributed by atoms with E-state index < -0.39 is 23.9 Å². The summed E-state index contributed by atoms with van der Waals surface area (Å²) in [6.07, 6.45) is -1.23. The Morgan fingerprint density at radius 3 is 2.44 bits per heavy atom. The van der Waals surface area contributed by atoms with Crippen molar-refractivity contribution in [3.05, 3.63) is 36.2 Å². The summed E-state index contributed by atoms with van der Waals surface area (Å²) in [6, 6.07) is 6.76. The van der Waals surface area contributed by atoms with Gasteiger partial charge in [0.05, 0.1) is 12.1 Å². The van der Waals surface area contributed by atoms with Crippen LogP contribution in [0.2, 0.25) is 0 Å². The number of carbonyl (C=O) groups excluding carboxylic acids is 1. The predicted octanol–water partition coefficient (Wildman–Crippen LogP) is 5.77. The Kier molecular flexibility index (Phi) is 5.58. The molecule has 1 aromatic heterocycles. The van der Waals surface area contributed by atoms with Crippen LogP contribution in [0.4, 0.5) is 18.9 Å². The van der Waals surface area contributed by atoms with Crippen molar-refractivity contribution >= 4 is 11.6 Å². The molecule has 1 N–H and O–H groups in total. The number of rotatable bonds is 4. The van der Waals surface area contributed by atoms with E-state index in [1.165, 1.54) is 0 Å². The van der Waals surface area contributed by atoms with Crippen LogP contribution in [0.25, 0.3) is 11.5 Å². The number of hydrogen-bond acceptors (Lipinski definition) is 3. The van der Waals surface area contributed by atoms with E-state index in [0.29, 0.717) is 24.4 Å². The van der Waals surface area contributed by atoms with E-state index >= 15 is 0 Å². The third-order valence-corrected chi connectivity index (χ3v) is 5.02. The largest absolute Gasteiger partial charge is 0.441 e. The molecule has 2 atom stereocenters. The van der Waals surface area contributed by atoms with Crippen molar-refractivity contribution in [1.82, 2.24) is 4.98 Å². The molecular weight excluding hydrogens is 357 g/mol. The predicted molar refractivity (Wildman–Crippen MR) is 96.2 cm³/mol. The van der Waals surface area contributed by atoms with Crippen molar-refractivity contribution in [3.63, 3.8) is 0 Å². The van der Waals surface area contributed by atoms with Crippen molar-refractivity contribution in [2.75, 3.05) is 5.32 Å². The van der Waals surface area contributed by atoms with Crippen LogP contribution in [0.5, 0.6) is 0 Å². The first-order valence-electron chi connectivity index (χ1n) is 9.19. The maximum atomic E-state index is 13.2. The fourth-order valence-electron chi connectivity index (χ4n) is 3.45. The van der Waals surface area contributed by atoms with Gasteiger partial charge in [0.2, 0.25) is 11.8 Å². The molecule has 0 bridgehead atoms. The van der Waals surface area contributed by atoms with E-state index in [-0.39, 0.29) is 18.8 Å². The molecule has 0 aliphatic heterocycles. The highest BCUT2D eigenvalue weighted by Gasteiger charge is 2.48. The number of oxazole rings is 1. The lowest BCUT2D eigenvalue weighted by molar-refractivity contribution is -0.197. The fraction of sp³-hybridized carbons (Fsp3) is 0.500. The molecule has 0 spiro atoms. The van der Waals surface area contributed by atoms with E-state index in [4.69, 9.17) is 4.42 Å². The zero-order valence-electron chi connectivity index (χ0n) is 15.3. The SMILES string of the molecule is CC(C)c1cnc(-c2ccc(NC(=O)C3CCCCC3C(F)(F)F)cc2)o1. The first kappa shape index (κ1) is 19.5. The highest BCUT2D eigenvalue weighted by molar-refractivity contribution is 5.93. The number of benzene rings is 1. The van der Waals surface area contributed by atoms with Crippen LogP contribution in [-0.4, -0.2) is 17.1 Å². The minimum atomic E-state index is -4.34. The molecule has 2 unspecified atom stereocenters. The summed E-state index contributed by atoms with van der Waals surface area (Å²) in [4.78, 5) is 16.6. The second kappa shape index (κ2) is 7.74. The number of anilines is 1. The standard InChI is InChI=1S/C20H23F3N2O2/c1-12(2)17-11-24-19(27-17)13-7-9-14(10-8-13)25-18(26)15-5-3-4-6-16(15)20(21,22)23/h7-12,15-16H,3-6H2,1-2H3,(H,25,26). The Morgan fingerprint density at radius 2 is 1.85 bits per heavy atom. The van der Waals surface area contributed by atoms with Crippen molar-refractivity contribution in [3.8, 4) is 11.5 Å². The maximum absolute atomic E-state index is 13.2. The van der Waals surface area contributed by atoms with Gasteiger partial charge in [0.1, 0.15) is 5.76 Å². The average Bonchev–Trinajstić information content (AvgIpc) is 3.12. The molecule has 2 aromatic rings. The Labute approximate surface area is 156 Å². The normalized spacial score (nSPS) is 20.7. The zero-order valence-corrected chi connectivity index (χ0v) is 15.3. The van der Waals surface area contributed by atoms with Gasteiger partial charge in [0, 0.05) is 23.1 Å². The highest BCUT2D eigenvalue weighted by Crippen LogP contribution is 2.42. The van der Waals surface area contributed by atoms with Gasteiger partial charge in [-0.3, -0.25) is 4.79 Å². The first-order valence-corrected chi connectivity index (χ1v) is 9.19. The number of halogens is 3. The molecule has 0 radical (unpaired) electrons. The fourth-order valence-corrected chi connectivity index (χ4v) is 3.45. The smallest absolute Gasteiger partial charge is 0.392 e. The summed E-state index contributed by atoms with van der Waals surface area (Å²) >= 11 is 0. The lowest BCUT2D eigenvalue weighted by Crippen LogP contribution is -2.39. The van der Waals surface area contributed by atoms with Gasteiger partial charge in [-0.2, -0.15) is 13.2 Å². The van der Waals surface area contributed by atoms with E-state index in [1.54, 1.807) is 30.5 Å². The molecular formula is C20H23F3N2O2. The molecule has 1 aromatic carbocycles. The van der Waals surface area contributed by atoms with Gasteiger partial charge in [0.15, 0.2) is 0 Å². The Balaban J connectivity index is 1.69. The van der Waals surface area contributed by atoms with Crippen LogP contribution in [0, 0.1) is 11.8 Å². The summed E-state index contributed by atoms with van der Waals surface area (Å²) in [5, 5.41) is 2.63. The molecule has 1 saturated carbocycles. The summed E-state index contributed by atoms with van der Waals surface area (Å²) < 4.78 is 45.3. The van der Waals surface area contributed by atoms with Gasteiger partial charge < -0.3 is 9.73 Å². The molecule has 1 heterocycles. The number of alkyl halides is 3. The number of nitrogens with zero attached hydrogens (tertiary/aromatic N) is 1. The van der Waals surface area contributed by atoms with Gasteiger partial charge in [-0.05, 0) is 37.1 Å². The monoisotopic (exact) mass is 380 g/mol. The number of amides is 1. The van der Waals surface area contributed by atoms with Crippen LogP contribution in [0.15, 0.2) is 34.9 Å². The molecule has 1 fully saturated rings. The number of nitrogens with one attached hydrogen (secondary N) is 1. The second-order valence-corrected chi connectivity index (χ2v) is 7.33. The summed E-state index contributed by atoms with van der Waals surface area (Å²) in [7, 11) is 0. The molecule has 7 heteroatoms. The number of carbonyl (C=O) groups is 1. The van der Waals surface area contributed by atoms with E-state index in [2.05, 4.69) is 10.3 Å². The van der Waals surface area contributed by atoms with Gasteiger partial charge in [0.25, 0.3) is 0 Å². The van der Waals surface area contributed by atoms with Crippen molar-refractivity contribution in [1.29, 1.82) is 0 Å². The van der Waals surface area contributed by atoms with E-state index in [1.807, 2.05) is 13.8 Å². The molecule has 1 amide bonds. The third-order valence-electron chi connectivity index (χ3n) is 5.02. The third kappa shape index (κ3) is 4.51. The van der Waals surface area contributed by atoms with Crippen LogP contribution >= 0.6 is 0 Å². The number of hydrogen-bond donors (Lipinski definition) is 1. The van der Waals surface area contributed by atoms with Gasteiger partial charge in [-0.15, -0.1) is 0 Å². The maximum Gasteiger partial charge on any atom is 0.392 e. The van der Waals surface area contributed by atoms with Crippen molar-refractivity contribution < 1.29 is 22.4 Å². The molecule has 3 rings (SSSR count). The Morgan fingerprint density at radius 1 is 1.19 bits per heavy atom. The molecule has 1 aliphatic rings. The first-order chi connectivity index (χ1) is 12.8. The van der Waals surface area contributed by atoms with Gasteiger partial charge in [-0.25, -0.2) is 4.98 Å². The van der Waals surface area contributed by atoms with Crippen LogP contribution in [0.1, 0.15) is 51.2 Å². The minimum absolute atomic E-state index is 0.0167. The van der Waals surface area contributed by atoms with Crippen molar-refractivity contribution in [2.24, 2.45) is 11.8 Å². The van der Waals surface area contributed by atoms with Gasteiger partial charge >= 0.3 is 6.18 Å². The molecule has 0 saturated heterocycles. The Bertz CT molecular complexity index is 781. The Hall–Kier alpha value is -2.31. The van der Waals surface area contributed by atoms with Crippen molar-refractivity contribution in [2.45, 2.75) is 51.6 Å². The quantitative estimate of drug-likeness (QED) is 0.732. The van der Waals surface area contributed by atoms with E-state index in [9.17, 15) is 18.0 Å². The number of aromatic nitrogens is 1. The highest BCUT2D eigenvalue weighted by atomic mass is 19.4. The summed E-state index contributed by atoms with van der Waals surface area (Å²) in [5.41, 5.74) is 1.21. The molecule has 1 aliphatic carbocycles. The molecule has 146 valence electrons. The topological polar surface area (TPSA) is 55.1 Å². The second-order valence-electron chi connectivity index (χ2n) is 7.33. The summed E-state index contributed by atoms with van der Waals surface area (Å²) in [6.45, 7) is 4.00.